The Morgan fingerprint density at radius 3 is 2.60 bits per heavy atom. The molecule has 0 saturated carbocycles. The van der Waals surface area contributed by atoms with Crippen LogP contribution in [0.2, 0.25) is 0 Å². The highest BCUT2D eigenvalue weighted by molar-refractivity contribution is 9.10. The molecule has 0 spiro atoms. The van der Waals surface area contributed by atoms with E-state index >= 15 is 0 Å². The van der Waals surface area contributed by atoms with Crippen LogP contribution < -0.4 is 5.32 Å². The van der Waals surface area contributed by atoms with Gasteiger partial charge in [0.2, 0.25) is 5.91 Å². The molecule has 2 aromatic carbocycles. The van der Waals surface area contributed by atoms with Gasteiger partial charge < -0.3 is 5.32 Å². The van der Waals surface area contributed by atoms with Gasteiger partial charge in [-0.15, -0.1) is 0 Å². The van der Waals surface area contributed by atoms with Gasteiger partial charge in [-0.1, -0.05) is 58.4 Å². The first-order chi connectivity index (χ1) is 14.6. The van der Waals surface area contributed by atoms with E-state index in [1.165, 1.54) is 5.01 Å². The Morgan fingerprint density at radius 1 is 1.00 bits per heavy atom. The second-order valence-electron chi connectivity index (χ2n) is 6.94. The third kappa shape index (κ3) is 4.83. The summed E-state index contributed by atoms with van der Waals surface area (Å²) in [6, 6.07) is 19.3. The molecule has 2 heterocycles. The molecule has 1 N–H and O–H groups in total. The van der Waals surface area contributed by atoms with Crippen molar-refractivity contribution in [3.8, 4) is 0 Å². The van der Waals surface area contributed by atoms with Gasteiger partial charge in [-0.2, -0.15) is 10.2 Å². The maximum absolute atomic E-state index is 12.8. The Labute approximate surface area is 182 Å². The molecule has 0 fully saturated rings. The van der Waals surface area contributed by atoms with Gasteiger partial charge in [-0.25, -0.2) is 9.69 Å². The van der Waals surface area contributed by atoms with Crippen LogP contribution in [0.3, 0.4) is 0 Å². The fraction of sp³-hybridized carbons (Fsp3) is 0.182. The Balaban J connectivity index is 1.46. The van der Waals surface area contributed by atoms with Crippen LogP contribution in [0.1, 0.15) is 24.0 Å². The van der Waals surface area contributed by atoms with E-state index in [-0.39, 0.29) is 18.2 Å². The molecule has 0 aliphatic carbocycles. The molecule has 0 bridgehead atoms. The number of anilines is 1. The Bertz CT molecular complexity index is 1090. The second-order valence-corrected chi connectivity index (χ2v) is 7.86. The normalized spacial score (nSPS) is 13.8. The average Bonchev–Trinajstić information content (AvgIpc) is 3.17. The predicted molar refractivity (Wildman–Crippen MR) is 118 cm³/mol. The summed E-state index contributed by atoms with van der Waals surface area (Å²) in [5.41, 5.74) is 2.35. The lowest BCUT2D eigenvalue weighted by molar-refractivity contribution is -0.132. The molecule has 30 heavy (non-hydrogen) atoms. The summed E-state index contributed by atoms with van der Waals surface area (Å²) in [7, 11) is 0. The first kappa shape index (κ1) is 20.0. The van der Waals surface area contributed by atoms with Crippen molar-refractivity contribution in [1.82, 2.24) is 14.8 Å². The predicted octanol–water partition coefficient (Wildman–Crippen LogP) is 3.81. The number of halogens is 1. The molecule has 1 aromatic heterocycles. The standard InChI is InChI=1S/C22H20BrN5O2/c23-18-8-4-7-17(13-18)15-27-20(11-12-24-27)25-22(30)19-9-10-21(29)28(26-19)14-16-5-2-1-3-6-16/h1-8,11-13H,9-10,14-15H2,(H,25,30). The molecule has 0 saturated heterocycles. The van der Waals surface area contributed by atoms with Gasteiger partial charge in [0.05, 0.1) is 19.3 Å². The molecule has 2 amide bonds. The molecule has 0 unspecified atom stereocenters. The summed E-state index contributed by atoms with van der Waals surface area (Å²) in [6.45, 7) is 0.865. The van der Waals surface area contributed by atoms with E-state index in [9.17, 15) is 9.59 Å². The van der Waals surface area contributed by atoms with Crippen LogP contribution in [-0.2, 0) is 22.7 Å². The number of benzene rings is 2. The van der Waals surface area contributed by atoms with Crippen molar-refractivity contribution in [3.05, 3.63) is 82.5 Å². The maximum Gasteiger partial charge on any atom is 0.273 e. The monoisotopic (exact) mass is 465 g/mol. The van der Waals surface area contributed by atoms with Gasteiger partial charge in [-0.05, 0) is 23.3 Å². The van der Waals surface area contributed by atoms with Gasteiger partial charge in [0.25, 0.3) is 5.91 Å². The maximum atomic E-state index is 12.8. The number of carbonyl (C=O) groups excluding carboxylic acids is 2. The van der Waals surface area contributed by atoms with E-state index in [0.29, 0.717) is 31.0 Å². The number of hydrazone groups is 1. The lowest BCUT2D eigenvalue weighted by Crippen LogP contribution is -2.36. The summed E-state index contributed by atoms with van der Waals surface area (Å²) in [4.78, 5) is 25.0. The van der Waals surface area contributed by atoms with Gasteiger partial charge in [0.15, 0.2) is 0 Å². The number of hydrogen-bond acceptors (Lipinski definition) is 4. The van der Waals surface area contributed by atoms with Crippen molar-refractivity contribution in [1.29, 1.82) is 0 Å². The summed E-state index contributed by atoms with van der Waals surface area (Å²) in [6.07, 6.45) is 2.22. The van der Waals surface area contributed by atoms with E-state index in [1.54, 1.807) is 16.9 Å². The summed E-state index contributed by atoms with van der Waals surface area (Å²) in [5, 5.41) is 12.9. The lowest BCUT2D eigenvalue weighted by Gasteiger charge is -2.23. The SMILES string of the molecule is O=C(Nc1ccnn1Cc1cccc(Br)c1)C1=NN(Cc2ccccc2)C(=O)CC1. The van der Waals surface area contributed by atoms with Crippen molar-refractivity contribution < 1.29 is 9.59 Å². The highest BCUT2D eigenvalue weighted by atomic mass is 79.9. The number of hydrogen-bond donors (Lipinski definition) is 1. The van der Waals surface area contributed by atoms with Crippen molar-refractivity contribution in [2.24, 2.45) is 5.10 Å². The highest BCUT2D eigenvalue weighted by Crippen LogP contribution is 2.17. The molecule has 1 aliphatic heterocycles. The summed E-state index contributed by atoms with van der Waals surface area (Å²) >= 11 is 3.46. The number of rotatable bonds is 6. The topological polar surface area (TPSA) is 79.6 Å². The minimum absolute atomic E-state index is 0.0879. The van der Waals surface area contributed by atoms with E-state index in [1.807, 2.05) is 54.6 Å². The van der Waals surface area contributed by atoms with Crippen molar-refractivity contribution >= 4 is 39.3 Å². The average molecular weight is 466 g/mol. The van der Waals surface area contributed by atoms with Crippen LogP contribution in [0.4, 0.5) is 5.82 Å². The van der Waals surface area contributed by atoms with Crippen molar-refractivity contribution in [2.45, 2.75) is 25.9 Å². The first-order valence-electron chi connectivity index (χ1n) is 9.58. The first-order valence-corrected chi connectivity index (χ1v) is 10.4. The Kier molecular flexibility index (Phi) is 6.04. The molecule has 4 rings (SSSR count). The van der Waals surface area contributed by atoms with Crippen LogP contribution in [0.5, 0.6) is 0 Å². The van der Waals surface area contributed by atoms with Gasteiger partial charge >= 0.3 is 0 Å². The number of amides is 2. The number of nitrogens with one attached hydrogen (secondary N) is 1. The fourth-order valence-electron chi connectivity index (χ4n) is 3.21. The van der Waals surface area contributed by atoms with Crippen LogP contribution in [-0.4, -0.2) is 32.3 Å². The molecule has 0 radical (unpaired) electrons. The molecule has 3 aromatic rings. The second kappa shape index (κ2) is 9.04. The van der Waals surface area contributed by atoms with Gasteiger partial charge in [0, 0.05) is 23.4 Å². The minimum atomic E-state index is -0.323. The third-order valence-electron chi connectivity index (χ3n) is 4.72. The van der Waals surface area contributed by atoms with Crippen LogP contribution in [0.25, 0.3) is 0 Å². The zero-order valence-corrected chi connectivity index (χ0v) is 17.7. The quantitative estimate of drug-likeness (QED) is 0.600. The van der Waals surface area contributed by atoms with Gasteiger partial charge in [-0.3, -0.25) is 9.59 Å². The van der Waals surface area contributed by atoms with Crippen molar-refractivity contribution in [3.63, 3.8) is 0 Å². The third-order valence-corrected chi connectivity index (χ3v) is 5.22. The van der Waals surface area contributed by atoms with Gasteiger partial charge in [0.1, 0.15) is 11.5 Å². The molecular weight excluding hydrogens is 446 g/mol. The lowest BCUT2D eigenvalue weighted by atomic mass is 10.1. The molecule has 8 heteroatoms. The van der Waals surface area contributed by atoms with Crippen LogP contribution in [0, 0.1) is 0 Å². The molecule has 0 atom stereocenters. The Morgan fingerprint density at radius 2 is 1.80 bits per heavy atom. The van der Waals surface area contributed by atoms with E-state index < -0.39 is 0 Å². The van der Waals surface area contributed by atoms with Crippen molar-refractivity contribution in [2.75, 3.05) is 5.32 Å². The van der Waals surface area contributed by atoms with E-state index in [2.05, 4.69) is 31.4 Å². The number of nitrogens with zero attached hydrogens (tertiary/aromatic N) is 4. The van der Waals surface area contributed by atoms with E-state index in [4.69, 9.17) is 0 Å². The fourth-order valence-corrected chi connectivity index (χ4v) is 3.65. The van der Waals surface area contributed by atoms with Crippen LogP contribution in [0.15, 0.2) is 76.4 Å². The molecule has 1 aliphatic rings. The molecule has 152 valence electrons. The smallest absolute Gasteiger partial charge is 0.273 e. The number of carbonyl (C=O) groups is 2. The molecule has 7 nitrogen and oxygen atoms in total. The zero-order chi connectivity index (χ0) is 20.9. The largest absolute Gasteiger partial charge is 0.306 e. The molecular formula is C22H20BrN5O2. The highest BCUT2D eigenvalue weighted by Gasteiger charge is 2.25. The zero-order valence-electron chi connectivity index (χ0n) is 16.2. The van der Waals surface area contributed by atoms with E-state index in [0.717, 1.165) is 15.6 Å². The minimum Gasteiger partial charge on any atom is -0.306 e. The number of aromatic nitrogens is 2. The summed E-state index contributed by atoms with van der Waals surface area (Å²) < 4.78 is 2.70. The van der Waals surface area contributed by atoms with Crippen LogP contribution >= 0.6 is 15.9 Å². The Hall–Kier alpha value is -3.26. The summed E-state index contributed by atoms with van der Waals surface area (Å²) in [5.74, 6) is 0.167.